The maximum Gasteiger partial charge on any atom is 0.241 e. The Balaban J connectivity index is 1.75. The summed E-state index contributed by atoms with van der Waals surface area (Å²) >= 11 is 1.25. The van der Waals surface area contributed by atoms with Crippen molar-refractivity contribution >= 4 is 27.1 Å². The number of carbonyl (C=O) groups is 1. The third-order valence-electron chi connectivity index (χ3n) is 4.15. The second-order valence-electron chi connectivity index (χ2n) is 6.10. The molecule has 2 heterocycles. The van der Waals surface area contributed by atoms with Crippen molar-refractivity contribution in [1.82, 2.24) is 4.72 Å². The Morgan fingerprint density at radius 1 is 1.08 bits per heavy atom. The van der Waals surface area contributed by atoms with E-state index in [1.165, 1.54) is 17.6 Å². The number of rotatable bonds is 6. The lowest BCUT2D eigenvalue weighted by molar-refractivity contribution is 0.101. The molecule has 0 saturated carbocycles. The second kappa shape index (κ2) is 7.19. The van der Waals surface area contributed by atoms with E-state index in [1.807, 2.05) is 19.9 Å². The fourth-order valence-corrected chi connectivity index (χ4v) is 4.89. The summed E-state index contributed by atoms with van der Waals surface area (Å²) in [5.74, 6) is 0.0591. The molecular weight excluding hydrogens is 370 g/mol. The molecule has 3 rings (SSSR count). The van der Waals surface area contributed by atoms with E-state index in [9.17, 15) is 13.2 Å². The highest BCUT2D eigenvalue weighted by atomic mass is 32.2. The van der Waals surface area contributed by atoms with Crippen LogP contribution in [0.15, 0.2) is 52.0 Å². The van der Waals surface area contributed by atoms with E-state index in [0.29, 0.717) is 10.4 Å². The fraction of sp³-hybridized carbons (Fsp3) is 0.211. The molecule has 0 spiro atoms. The summed E-state index contributed by atoms with van der Waals surface area (Å²) in [5, 5.41) is 0. The van der Waals surface area contributed by atoms with Gasteiger partial charge in [-0.3, -0.25) is 4.79 Å². The largest absolute Gasteiger partial charge is 0.461 e. The summed E-state index contributed by atoms with van der Waals surface area (Å²) in [6, 6.07) is 10.2. The molecule has 0 bridgehead atoms. The number of sulfonamides is 1. The minimum absolute atomic E-state index is 0.130. The molecule has 0 unspecified atom stereocenters. The molecule has 7 heteroatoms. The second-order valence-corrected chi connectivity index (χ2v) is 9.00. The smallest absolute Gasteiger partial charge is 0.241 e. The van der Waals surface area contributed by atoms with Crippen LogP contribution < -0.4 is 4.72 Å². The first-order chi connectivity index (χ1) is 12.3. The number of nitrogens with one attached hydrogen (secondary N) is 1. The molecule has 2 aromatic heterocycles. The van der Waals surface area contributed by atoms with Crippen LogP contribution in [-0.4, -0.2) is 14.2 Å². The van der Waals surface area contributed by atoms with Crippen LogP contribution in [0.4, 0.5) is 0 Å². The van der Waals surface area contributed by atoms with Gasteiger partial charge in [0.05, 0.1) is 16.0 Å². The van der Waals surface area contributed by atoms with Gasteiger partial charge in [0.2, 0.25) is 15.8 Å². The Hall–Kier alpha value is -2.22. The van der Waals surface area contributed by atoms with Gasteiger partial charge in [-0.1, -0.05) is 6.07 Å². The molecule has 0 aliphatic heterocycles. The van der Waals surface area contributed by atoms with E-state index < -0.39 is 10.0 Å². The van der Waals surface area contributed by atoms with Gasteiger partial charge in [0.25, 0.3) is 0 Å². The normalized spacial score (nSPS) is 11.7. The molecular formula is C19H19NO4S2. The van der Waals surface area contributed by atoms with Gasteiger partial charge in [-0.05, 0) is 67.8 Å². The molecule has 0 amide bonds. The number of hydrogen-bond acceptors (Lipinski definition) is 5. The van der Waals surface area contributed by atoms with Gasteiger partial charge in [-0.2, -0.15) is 0 Å². The predicted molar refractivity (Wildman–Crippen MR) is 101 cm³/mol. The molecule has 0 fully saturated rings. The van der Waals surface area contributed by atoms with E-state index in [1.54, 1.807) is 37.3 Å². The quantitative estimate of drug-likeness (QED) is 0.647. The zero-order chi connectivity index (χ0) is 18.9. The number of furan rings is 1. The zero-order valence-electron chi connectivity index (χ0n) is 14.7. The third-order valence-corrected chi connectivity index (χ3v) is 6.77. The lowest BCUT2D eigenvalue weighted by atomic mass is 10.1. The van der Waals surface area contributed by atoms with E-state index in [-0.39, 0.29) is 23.0 Å². The molecule has 0 atom stereocenters. The first-order valence-electron chi connectivity index (χ1n) is 8.02. The molecule has 3 aromatic rings. The first kappa shape index (κ1) is 18.6. The minimum Gasteiger partial charge on any atom is -0.461 e. The number of benzene rings is 1. The number of thiophene rings is 1. The Morgan fingerprint density at radius 3 is 2.50 bits per heavy atom. The summed E-state index contributed by atoms with van der Waals surface area (Å²) in [5.41, 5.74) is 2.69. The molecule has 0 saturated heterocycles. The Kier molecular flexibility index (Phi) is 5.13. The van der Waals surface area contributed by atoms with E-state index in [4.69, 9.17) is 4.42 Å². The molecule has 26 heavy (non-hydrogen) atoms. The van der Waals surface area contributed by atoms with Crippen molar-refractivity contribution in [2.45, 2.75) is 32.2 Å². The Bertz CT molecular complexity index is 1050. The number of aryl methyl sites for hydroxylation is 3. The van der Waals surface area contributed by atoms with Crippen LogP contribution >= 0.6 is 11.3 Å². The summed E-state index contributed by atoms with van der Waals surface area (Å²) in [4.78, 5) is 13.8. The van der Waals surface area contributed by atoms with Crippen LogP contribution in [0.25, 0.3) is 0 Å². The van der Waals surface area contributed by atoms with E-state index >= 15 is 0 Å². The zero-order valence-corrected chi connectivity index (χ0v) is 16.3. The fourth-order valence-electron chi connectivity index (χ4n) is 2.59. The lowest BCUT2D eigenvalue weighted by Gasteiger charge is -2.11. The van der Waals surface area contributed by atoms with E-state index in [0.717, 1.165) is 16.0 Å². The summed E-state index contributed by atoms with van der Waals surface area (Å²) < 4.78 is 33.0. The predicted octanol–water partition coefficient (Wildman–Crippen LogP) is 3.98. The van der Waals surface area contributed by atoms with Crippen molar-refractivity contribution in [2.24, 2.45) is 0 Å². The van der Waals surface area contributed by atoms with Gasteiger partial charge in [-0.25, -0.2) is 13.1 Å². The van der Waals surface area contributed by atoms with Crippen molar-refractivity contribution in [3.63, 3.8) is 0 Å². The van der Waals surface area contributed by atoms with Gasteiger partial charge in [0, 0.05) is 11.4 Å². The molecule has 136 valence electrons. The van der Waals surface area contributed by atoms with Crippen molar-refractivity contribution in [3.8, 4) is 0 Å². The molecule has 1 N–H and O–H groups in total. The van der Waals surface area contributed by atoms with Crippen molar-refractivity contribution in [2.75, 3.05) is 0 Å². The van der Waals surface area contributed by atoms with Crippen molar-refractivity contribution < 1.29 is 17.6 Å². The summed E-state index contributed by atoms with van der Waals surface area (Å²) in [6.07, 6.45) is 1.45. The van der Waals surface area contributed by atoms with Crippen LogP contribution in [0.5, 0.6) is 0 Å². The highest BCUT2D eigenvalue weighted by molar-refractivity contribution is 7.89. The SMILES string of the molecule is Cc1cc(C)c(S(=O)(=O)NCc2ccc(C(=O)c3ccco3)s2)cc1C. The van der Waals surface area contributed by atoms with Crippen molar-refractivity contribution in [1.29, 1.82) is 0 Å². The minimum atomic E-state index is -3.63. The molecule has 0 radical (unpaired) electrons. The summed E-state index contributed by atoms with van der Waals surface area (Å²) in [7, 11) is -3.63. The first-order valence-corrected chi connectivity index (χ1v) is 10.3. The van der Waals surface area contributed by atoms with Crippen LogP contribution in [0.2, 0.25) is 0 Å². The maximum absolute atomic E-state index is 12.6. The Morgan fingerprint density at radius 2 is 1.81 bits per heavy atom. The van der Waals surface area contributed by atoms with Crippen LogP contribution in [-0.2, 0) is 16.6 Å². The monoisotopic (exact) mass is 389 g/mol. The molecule has 0 aliphatic rings. The van der Waals surface area contributed by atoms with Gasteiger partial charge in [0.15, 0.2) is 5.76 Å². The van der Waals surface area contributed by atoms with Crippen LogP contribution in [0.3, 0.4) is 0 Å². The topological polar surface area (TPSA) is 76.4 Å². The van der Waals surface area contributed by atoms with Crippen LogP contribution in [0, 0.1) is 20.8 Å². The molecule has 0 aliphatic carbocycles. The highest BCUT2D eigenvalue weighted by Gasteiger charge is 2.19. The summed E-state index contributed by atoms with van der Waals surface area (Å²) in [6.45, 7) is 5.76. The van der Waals surface area contributed by atoms with Gasteiger partial charge >= 0.3 is 0 Å². The van der Waals surface area contributed by atoms with Crippen LogP contribution in [0.1, 0.15) is 37.0 Å². The number of carbonyl (C=O) groups excluding carboxylic acids is 1. The van der Waals surface area contributed by atoms with E-state index in [2.05, 4.69) is 4.72 Å². The lowest BCUT2D eigenvalue weighted by Crippen LogP contribution is -2.23. The number of ketones is 1. The standard InChI is InChI=1S/C19H19NO4S2/c1-12-9-14(3)18(10-13(12)2)26(22,23)20-11-15-6-7-17(25-15)19(21)16-5-4-8-24-16/h4-10,20H,11H2,1-3H3. The molecule has 1 aromatic carbocycles. The number of hydrogen-bond donors (Lipinski definition) is 1. The maximum atomic E-state index is 12.6. The average Bonchev–Trinajstić information content (AvgIpc) is 3.27. The Labute approximate surface area is 156 Å². The highest BCUT2D eigenvalue weighted by Crippen LogP contribution is 2.23. The van der Waals surface area contributed by atoms with Crippen molar-refractivity contribution in [3.05, 3.63) is 74.9 Å². The molecule has 5 nitrogen and oxygen atoms in total. The van der Waals surface area contributed by atoms with Gasteiger partial charge in [0.1, 0.15) is 0 Å². The third kappa shape index (κ3) is 3.80. The van der Waals surface area contributed by atoms with Gasteiger partial charge < -0.3 is 4.42 Å². The average molecular weight is 389 g/mol. The van der Waals surface area contributed by atoms with Gasteiger partial charge in [-0.15, -0.1) is 11.3 Å².